The summed E-state index contributed by atoms with van der Waals surface area (Å²) < 4.78 is 0.595. The second kappa shape index (κ2) is 3.86. The molecule has 5 heteroatoms. The number of quaternary nitrogens is 1. The predicted octanol–water partition coefficient (Wildman–Crippen LogP) is 2.05. The molecule has 1 aliphatic heterocycles. The van der Waals surface area contributed by atoms with Crippen LogP contribution in [0, 0.1) is 10.1 Å². The zero-order valence-corrected chi connectivity index (χ0v) is 8.91. The molecule has 82 valence electrons. The van der Waals surface area contributed by atoms with Gasteiger partial charge in [-0.05, 0) is 12.1 Å². The molecule has 0 saturated heterocycles. The van der Waals surface area contributed by atoms with Crippen LogP contribution >= 0.6 is 0 Å². The molecule has 0 N–H and O–H groups in total. The third-order valence-electron chi connectivity index (χ3n) is 2.49. The van der Waals surface area contributed by atoms with Crippen LogP contribution in [0.1, 0.15) is 5.56 Å². The van der Waals surface area contributed by atoms with Crippen molar-refractivity contribution >= 4 is 12.0 Å². The van der Waals surface area contributed by atoms with Crippen molar-refractivity contribution in [3.05, 3.63) is 52.3 Å². The fourth-order valence-corrected chi connectivity index (χ4v) is 1.63. The minimum absolute atomic E-state index is 0.122. The largest absolute Gasteiger partial charge is 0.269 e. The minimum Gasteiger partial charge on any atom is -0.258 e. The lowest BCUT2D eigenvalue weighted by atomic mass is 10.2. The van der Waals surface area contributed by atoms with Crippen molar-refractivity contribution in [1.82, 2.24) is 0 Å². The first-order valence-electron chi connectivity index (χ1n) is 4.89. The average molecular weight is 218 g/mol. The van der Waals surface area contributed by atoms with Crippen molar-refractivity contribution in [3.8, 4) is 0 Å². The molecule has 1 aromatic rings. The first kappa shape index (κ1) is 10.5. The molecule has 0 saturated carbocycles. The molecule has 2 rings (SSSR count). The summed E-state index contributed by atoms with van der Waals surface area (Å²) in [6.45, 7) is 0.748. The molecule has 1 unspecified atom stereocenters. The molecule has 1 aromatic carbocycles. The number of hydrogen-bond donors (Lipinski definition) is 0. The highest BCUT2D eigenvalue weighted by Gasteiger charge is 2.20. The molecule has 0 spiro atoms. The zero-order chi connectivity index (χ0) is 11.6. The lowest BCUT2D eigenvalue weighted by Crippen LogP contribution is -2.33. The third-order valence-corrected chi connectivity index (χ3v) is 2.49. The van der Waals surface area contributed by atoms with Gasteiger partial charge in [-0.1, -0.05) is 0 Å². The van der Waals surface area contributed by atoms with E-state index in [1.807, 2.05) is 19.6 Å². The Morgan fingerprint density at radius 2 is 2.06 bits per heavy atom. The summed E-state index contributed by atoms with van der Waals surface area (Å²) in [4.78, 5) is 14.1. The van der Waals surface area contributed by atoms with Gasteiger partial charge in [0.15, 0.2) is 6.34 Å². The van der Waals surface area contributed by atoms with E-state index in [9.17, 15) is 10.1 Å². The van der Waals surface area contributed by atoms with E-state index in [1.165, 1.54) is 12.1 Å². The Hall–Kier alpha value is -2.01. The van der Waals surface area contributed by atoms with Gasteiger partial charge in [0.25, 0.3) is 5.69 Å². The second-order valence-corrected chi connectivity index (χ2v) is 3.99. The molecule has 16 heavy (non-hydrogen) atoms. The molecule has 0 aromatic heterocycles. The molecular weight excluding hydrogens is 206 g/mol. The van der Waals surface area contributed by atoms with E-state index < -0.39 is 4.92 Å². The Kier molecular flexibility index (Phi) is 2.54. The summed E-state index contributed by atoms with van der Waals surface area (Å²) >= 11 is 0. The molecular formula is C11H12N3O2+. The maximum absolute atomic E-state index is 10.5. The lowest BCUT2D eigenvalue weighted by Gasteiger charge is -2.21. The quantitative estimate of drug-likeness (QED) is 0.443. The smallest absolute Gasteiger partial charge is 0.258 e. The predicted molar refractivity (Wildman–Crippen MR) is 60.6 cm³/mol. The number of rotatable bonds is 3. The number of benzene rings is 1. The van der Waals surface area contributed by atoms with Crippen molar-refractivity contribution in [3.63, 3.8) is 0 Å². The number of hydrogen-bond acceptors (Lipinski definition) is 3. The van der Waals surface area contributed by atoms with Gasteiger partial charge in [-0.3, -0.25) is 14.6 Å². The van der Waals surface area contributed by atoms with Gasteiger partial charge in [0.05, 0.1) is 18.2 Å². The second-order valence-electron chi connectivity index (χ2n) is 3.99. The van der Waals surface area contributed by atoms with Crippen LogP contribution in [0.3, 0.4) is 0 Å². The number of nitrogens with zero attached hydrogens (tertiary/aromatic N) is 3. The zero-order valence-electron chi connectivity index (χ0n) is 8.91. The molecule has 1 atom stereocenters. The van der Waals surface area contributed by atoms with Gasteiger partial charge in [-0.15, -0.1) is 0 Å². The summed E-state index contributed by atoms with van der Waals surface area (Å²) in [7, 11) is 2.02. The Labute approximate surface area is 93.1 Å². The Balaban J connectivity index is 2.14. The van der Waals surface area contributed by atoms with Crippen LogP contribution in [0.15, 0.2) is 41.7 Å². The molecule has 1 aliphatic rings. The van der Waals surface area contributed by atoms with Crippen molar-refractivity contribution in [2.45, 2.75) is 6.54 Å². The fourth-order valence-electron chi connectivity index (χ4n) is 1.63. The number of nitro benzene ring substituents is 1. The third kappa shape index (κ3) is 2.14. The van der Waals surface area contributed by atoms with E-state index in [1.54, 1.807) is 18.3 Å². The van der Waals surface area contributed by atoms with E-state index in [0.717, 1.165) is 12.1 Å². The molecule has 5 nitrogen and oxygen atoms in total. The molecule has 0 amide bonds. The molecule has 0 aliphatic carbocycles. The van der Waals surface area contributed by atoms with Gasteiger partial charge in [0.2, 0.25) is 0 Å². The van der Waals surface area contributed by atoms with Crippen molar-refractivity contribution in [2.24, 2.45) is 4.99 Å². The van der Waals surface area contributed by atoms with Gasteiger partial charge >= 0.3 is 0 Å². The van der Waals surface area contributed by atoms with Crippen LogP contribution in [0.5, 0.6) is 0 Å². The summed E-state index contributed by atoms with van der Waals surface area (Å²) in [5, 5.41) is 10.5. The highest BCUT2D eigenvalue weighted by Crippen LogP contribution is 2.17. The van der Waals surface area contributed by atoms with E-state index >= 15 is 0 Å². The van der Waals surface area contributed by atoms with Gasteiger partial charge in [-0.25, -0.2) is 4.99 Å². The van der Waals surface area contributed by atoms with E-state index in [-0.39, 0.29) is 5.69 Å². The first-order valence-corrected chi connectivity index (χ1v) is 4.89. The maximum atomic E-state index is 10.5. The van der Waals surface area contributed by atoms with Gasteiger partial charge < -0.3 is 0 Å². The Morgan fingerprint density at radius 3 is 2.56 bits per heavy atom. The topological polar surface area (TPSA) is 55.5 Å². The summed E-state index contributed by atoms with van der Waals surface area (Å²) in [6.07, 6.45) is 5.56. The fraction of sp³-hybridized carbons (Fsp3) is 0.182. The van der Waals surface area contributed by atoms with E-state index in [4.69, 9.17) is 0 Å². The SMILES string of the molecule is C[N+]1(Cc2ccc([N+](=O)[O-])cc2)C=CN=C1. The number of nitro groups is 1. The first-order chi connectivity index (χ1) is 7.59. The molecule has 0 radical (unpaired) electrons. The summed E-state index contributed by atoms with van der Waals surface area (Å²) in [5.41, 5.74) is 1.17. The Bertz CT molecular complexity index is 451. The average Bonchev–Trinajstić information content (AvgIpc) is 2.65. The van der Waals surface area contributed by atoms with Crippen LogP contribution < -0.4 is 0 Å². The summed E-state index contributed by atoms with van der Waals surface area (Å²) in [5.74, 6) is 0. The molecule has 0 fully saturated rings. The molecule has 1 heterocycles. The lowest BCUT2D eigenvalue weighted by molar-refractivity contribution is -0.771. The minimum atomic E-state index is -0.392. The van der Waals surface area contributed by atoms with Crippen LogP contribution in [0.2, 0.25) is 0 Å². The van der Waals surface area contributed by atoms with Crippen LogP contribution in [0.4, 0.5) is 5.69 Å². The van der Waals surface area contributed by atoms with E-state index in [0.29, 0.717) is 4.48 Å². The normalized spacial score (nSPS) is 22.6. The van der Waals surface area contributed by atoms with Gasteiger partial charge in [-0.2, -0.15) is 0 Å². The van der Waals surface area contributed by atoms with E-state index in [2.05, 4.69) is 4.99 Å². The van der Waals surface area contributed by atoms with Crippen LogP contribution in [-0.2, 0) is 6.54 Å². The van der Waals surface area contributed by atoms with Gasteiger partial charge in [0, 0.05) is 17.7 Å². The highest BCUT2D eigenvalue weighted by molar-refractivity contribution is 5.50. The number of non-ortho nitro benzene ring substituents is 1. The van der Waals surface area contributed by atoms with Crippen LogP contribution in [-0.4, -0.2) is 22.8 Å². The maximum Gasteiger partial charge on any atom is 0.269 e. The van der Waals surface area contributed by atoms with Crippen molar-refractivity contribution < 1.29 is 9.41 Å². The van der Waals surface area contributed by atoms with Gasteiger partial charge in [0.1, 0.15) is 12.7 Å². The van der Waals surface area contributed by atoms with Crippen LogP contribution in [0.25, 0.3) is 0 Å². The number of aliphatic imine (C=N–C) groups is 1. The highest BCUT2D eigenvalue weighted by atomic mass is 16.6. The standard InChI is InChI=1S/C11H12N3O2/c1-14(7-6-12-9-14)8-10-2-4-11(5-3-10)13(15)16/h2-7,9H,8H2,1H3/q+1. The summed E-state index contributed by atoms with van der Waals surface area (Å²) in [6, 6.07) is 6.61. The molecule has 0 bridgehead atoms. The Morgan fingerprint density at radius 1 is 1.38 bits per heavy atom. The van der Waals surface area contributed by atoms with Crippen molar-refractivity contribution in [1.29, 1.82) is 0 Å². The monoisotopic (exact) mass is 218 g/mol. The van der Waals surface area contributed by atoms with Crippen molar-refractivity contribution in [2.75, 3.05) is 7.05 Å².